The number of nitrogens with two attached hydrogens (primary N) is 1. The molecule has 0 saturated carbocycles. The molecule has 4 amide bonds. The number of oxime groups is 1. The third-order valence-electron chi connectivity index (χ3n) is 6.69. The van der Waals surface area contributed by atoms with Gasteiger partial charge in [-0.25, -0.2) is 0 Å². The van der Waals surface area contributed by atoms with Crippen LogP contribution in [0.4, 0.5) is 5.69 Å². The van der Waals surface area contributed by atoms with Gasteiger partial charge in [0.1, 0.15) is 12.1 Å². The van der Waals surface area contributed by atoms with Crippen LogP contribution in [0.1, 0.15) is 41.6 Å². The molecular weight excluding hydrogens is 486 g/mol. The molecule has 0 aliphatic carbocycles. The molecule has 2 saturated heterocycles. The Bertz CT molecular complexity index is 1280. The molecule has 1 unspecified atom stereocenters. The summed E-state index contributed by atoms with van der Waals surface area (Å²) >= 11 is 5.93. The Labute approximate surface area is 211 Å². The monoisotopic (exact) mass is 509 g/mol. The number of primary amides is 1. The normalized spacial score (nSPS) is 24.9. The van der Waals surface area contributed by atoms with Gasteiger partial charge in [0.15, 0.2) is 5.60 Å². The highest BCUT2D eigenvalue weighted by atomic mass is 35.5. The van der Waals surface area contributed by atoms with Gasteiger partial charge in [-0.3, -0.25) is 19.2 Å². The minimum atomic E-state index is -0.884. The summed E-state index contributed by atoms with van der Waals surface area (Å²) in [6.07, 6.45) is 1.36. The third-order valence-corrected chi connectivity index (χ3v) is 6.95. The summed E-state index contributed by atoms with van der Waals surface area (Å²) in [5.41, 5.74) is 7.07. The lowest BCUT2D eigenvalue weighted by molar-refractivity contribution is -0.122. The van der Waals surface area contributed by atoms with Crippen LogP contribution in [0.25, 0.3) is 0 Å². The van der Waals surface area contributed by atoms with E-state index in [1.54, 1.807) is 42.5 Å². The Morgan fingerprint density at radius 2 is 1.97 bits per heavy atom. The van der Waals surface area contributed by atoms with Gasteiger partial charge in [-0.05, 0) is 42.8 Å². The SMILES string of the molecule is NC(=O)[C@@H]1CC2(CC(c3cccc(NC(=O)[C@H]4CCC(=O)N4)c3)=NO2)CN1C(=O)c1ccc(Cl)cc1. The van der Waals surface area contributed by atoms with Crippen LogP contribution in [0.15, 0.2) is 53.7 Å². The number of nitrogens with zero attached hydrogens (tertiary/aromatic N) is 2. The molecule has 3 aliphatic heterocycles. The third kappa shape index (κ3) is 4.64. The number of halogens is 1. The van der Waals surface area contributed by atoms with Crippen LogP contribution in [-0.2, 0) is 19.2 Å². The zero-order valence-electron chi connectivity index (χ0n) is 19.2. The number of nitrogens with one attached hydrogen (secondary N) is 2. The van der Waals surface area contributed by atoms with Crippen LogP contribution >= 0.6 is 11.6 Å². The van der Waals surface area contributed by atoms with E-state index in [1.807, 2.05) is 6.07 Å². The first-order chi connectivity index (χ1) is 17.2. The van der Waals surface area contributed by atoms with Crippen molar-refractivity contribution in [2.24, 2.45) is 10.9 Å². The van der Waals surface area contributed by atoms with E-state index in [0.717, 1.165) is 5.56 Å². The second kappa shape index (κ2) is 9.27. The Morgan fingerprint density at radius 1 is 1.19 bits per heavy atom. The first kappa shape index (κ1) is 23.8. The van der Waals surface area contributed by atoms with E-state index >= 15 is 0 Å². The van der Waals surface area contributed by atoms with Crippen molar-refractivity contribution in [1.29, 1.82) is 0 Å². The minimum Gasteiger partial charge on any atom is -0.387 e. The van der Waals surface area contributed by atoms with E-state index < -0.39 is 23.6 Å². The van der Waals surface area contributed by atoms with Crippen molar-refractivity contribution in [2.75, 3.05) is 11.9 Å². The van der Waals surface area contributed by atoms with Crippen LogP contribution < -0.4 is 16.4 Å². The Kier molecular flexibility index (Phi) is 6.13. The van der Waals surface area contributed by atoms with Gasteiger partial charge in [-0.2, -0.15) is 0 Å². The van der Waals surface area contributed by atoms with E-state index in [1.165, 1.54) is 4.90 Å². The van der Waals surface area contributed by atoms with E-state index in [-0.39, 0.29) is 30.7 Å². The number of benzene rings is 2. The van der Waals surface area contributed by atoms with Crippen LogP contribution in [0.3, 0.4) is 0 Å². The highest BCUT2D eigenvalue weighted by Crippen LogP contribution is 2.39. The second-order valence-electron chi connectivity index (χ2n) is 9.28. The maximum Gasteiger partial charge on any atom is 0.254 e. The maximum absolute atomic E-state index is 13.2. The van der Waals surface area contributed by atoms with Crippen LogP contribution in [0.5, 0.6) is 0 Å². The number of carbonyl (C=O) groups is 4. The summed E-state index contributed by atoms with van der Waals surface area (Å²) in [5, 5.41) is 10.2. The maximum atomic E-state index is 13.2. The summed E-state index contributed by atoms with van der Waals surface area (Å²) in [6.45, 7) is 0.146. The van der Waals surface area contributed by atoms with Crippen LogP contribution in [0, 0.1) is 0 Å². The zero-order valence-corrected chi connectivity index (χ0v) is 20.0. The Morgan fingerprint density at radius 3 is 2.67 bits per heavy atom. The standard InChI is InChI=1S/C25H24ClN5O5/c26-16-6-4-14(5-7-16)24(35)31-13-25(12-20(31)22(27)33)11-19(30-36-25)15-2-1-3-17(10-15)28-23(34)18-8-9-21(32)29-18/h1-7,10,18,20H,8-9,11-13H2,(H2,27,33)(H,28,34)(H,29,32)/t18-,20+,25?/m1/s1. The van der Waals surface area contributed by atoms with Crippen molar-refractivity contribution in [3.63, 3.8) is 0 Å². The molecule has 5 rings (SSSR count). The topological polar surface area (TPSA) is 143 Å². The van der Waals surface area contributed by atoms with E-state index in [0.29, 0.717) is 41.2 Å². The van der Waals surface area contributed by atoms with Gasteiger partial charge in [-0.1, -0.05) is 28.9 Å². The largest absolute Gasteiger partial charge is 0.387 e. The summed E-state index contributed by atoms with van der Waals surface area (Å²) in [5.74, 6) is -1.38. The number of likely N-dealkylation sites (tertiary alicyclic amines) is 1. The molecule has 2 aromatic carbocycles. The molecule has 3 aliphatic rings. The molecule has 3 atom stereocenters. The van der Waals surface area contributed by atoms with Gasteiger partial charge in [0, 0.05) is 41.1 Å². The van der Waals surface area contributed by atoms with Gasteiger partial charge in [0.2, 0.25) is 17.7 Å². The van der Waals surface area contributed by atoms with Gasteiger partial charge >= 0.3 is 0 Å². The molecule has 2 aromatic rings. The molecule has 11 heteroatoms. The Balaban J connectivity index is 1.29. The lowest BCUT2D eigenvalue weighted by atomic mass is 9.91. The molecule has 2 fully saturated rings. The number of anilines is 1. The van der Waals surface area contributed by atoms with Crippen molar-refractivity contribution < 1.29 is 24.0 Å². The quantitative estimate of drug-likeness (QED) is 0.563. The molecule has 186 valence electrons. The van der Waals surface area contributed by atoms with Crippen LogP contribution in [0.2, 0.25) is 5.02 Å². The smallest absolute Gasteiger partial charge is 0.254 e. The summed E-state index contributed by atoms with van der Waals surface area (Å²) in [6, 6.07) is 12.2. The number of amides is 4. The first-order valence-corrected chi connectivity index (χ1v) is 11.9. The summed E-state index contributed by atoms with van der Waals surface area (Å²) in [7, 11) is 0. The zero-order chi connectivity index (χ0) is 25.4. The van der Waals surface area contributed by atoms with Gasteiger partial charge in [0.05, 0.1) is 12.3 Å². The molecule has 1 spiro atoms. The number of carbonyl (C=O) groups excluding carboxylic acids is 4. The first-order valence-electron chi connectivity index (χ1n) is 11.5. The predicted molar refractivity (Wildman–Crippen MR) is 131 cm³/mol. The van der Waals surface area contributed by atoms with Gasteiger partial charge < -0.3 is 26.1 Å². The fourth-order valence-electron chi connectivity index (χ4n) is 4.86. The van der Waals surface area contributed by atoms with Crippen molar-refractivity contribution in [3.05, 3.63) is 64.7 Å². The molecular formula is C25H24ClN5O5. The molecule has 0 aromatic heterocycles. The average Bonchev–Trinajstić information content (AvgIpc) is 3.58. The minimum absolute atomic E-state index is 0.138. The number of rotatable bonds is 5. The van der Waals surface area contributed by atoms with Crippen molar-refractivity contribution >= 4 is 46.6 Å². The highest BCUT2D eigenvalue weighted by molar-refractivity contribution is 6.30. The average molecular weight is 510 g/mol. The van der Waals surface area contributed by atoms with E-state index in [9.17, 15) is 19.2 Å². The number of hydrogen-bond donors (Lipinski definition) is 3. The van der Waals surface area contributed by atoms with Crippen molar-refractivity contribution in [3.8, 4) is 0 Å². The van der Waals surface area contributed by atoms with E-state index in [4.69, 9.17) is 22.2 Å². The molecule has 3 heterocycles. The molecule has 4 N–H and O–H groups in total. The summed E-state index contributed by atoms with van der Waals surface area (Å²) in [4.78, 5) is 56.5. The molecule has 36 heavy (non-hydrogen) atoms. The fraction of sp³-hybridized carbons (Fsp3) is 0.320. The predicted octanol–water partition coefficient (Wildman–Crippen LogP) is 1.82. The lowest BCUT2D eigenvalue weighted by Gasteiger charge is -2.23. The fourth-order valence-corrected chi connectivity index (χ4v) is 4.99. The molecule has 0 radical (unpaired) electrons. The van der Waals surface area contributed by atoms with Crippen LogP contribution in [-0.4, -0.2) is 58.5 Å². The lowest BCUT2D eigenvalue weighted by Crippen LogP contribution is -2.44. The summed E-state index contributed by atoms with van der Waals surface area (Å²) < 4.78 is 0. The van der Waals surface area contributed by atoms with Crippen molar-refractivity contribution in [2.45, 2.75) is 43.4 Å². The van der Waals surface area contributed by atoms with Gasteiger partial charge in [0.25, 0.3) is 5.91 Å². The molecule has 0 bridgehead atoms. The van der Waals surface area contributed by atoms with Gasteiger partial charge in [-0.15, -0.1) is 0 Å². The Hall–Kier alpha value is -3.92. The molecule has 10 nitrogen and oxygen atoms in total. The highest BCUT2D eigenvalue weighted by Gasteiger charge is 2.53. The van der Waals surface area contributed by atoms with Crippen molar-refractivity contribution in [1.82, 2.24) is 10.2 Å². The second-order valence-corrected chi connectivity index (χ2v) is 9.72. The van der Waals surface area contributed by atoms with E-state index in [2.05, 4.69) is 15.8 Å². The number of hydrogen-bond acceptors (Lipinski definition) is 6.